The molecule has 0 atom stereocenters. The molecule has 0 fully saturated rings. The maximum Gasteiger partial charge on any atom is 0.00966 e. The predicted octanol–water partition coefficient (Wildman–Crippen LogP) is 3.48. The average molecular weight is 203 g/mol. The Bertz CT molecular complexity index is 293. The first-order chi connectivity index (χ1) is 7.08. The van der Waals surface area contributed by atoms with Gasteiger partial charge in [-0.1, -0.05) is 42.5 Å². The molecule has 0 amide bonds. The normalized spacial score (nSPS) is 12.2. The Balaban J connectivity index is 2.24. The van der Waals surface area contributed by atoms with E-state index in [1.807, 2.05) is 6.07 Å². The Morgan fingerprint density at radius 1 is 1.13 bits per heavy atom. The molecule has 1 aromatic carbocycles. The minimum absolute atomic E-state index is 0.223. The fourth-order valence-corrected chi connectivity index (χ4v) is 1.31. The zero-order valence-electron chi connectivity index (χ0n) is 9.96. The van der Waals surface area contributed by atoms with Gasteiger partial charge in [0.25, 0.3) is 0 Å². The first kappa shape index (κ1) is 12.0. The average Bonchev–Trinajstić information content (AvgIpc) is 2.17. The fraction of sp³-hybridized carbons (Fsp3) is 0.429. The molecule has 82 valence electrons. The van der Waals surface area contributed by atoms with Crippen molar-refractivity contribution in [1.29, 1.82) is 0 Å². The summed E-state index contributed by atoms with van der Waals surface area (Å²) in [6.07, 6.45) is 5.46. The third kappa shape index (κ3) is 6.08. The van der Waals surface area contributed by atoms with E-state index in [-0.39, 0.29) is 5.54 Å². The van der Waals surface area contributed by atoms with E-state index in [1.165, 1.54) is 5.56 Å². The highest BCUT2D eigenvalue weighted by Gasteiger charge is 2.05. The molecule has 0 unspecified atom stereocenters. The monoisotopic (exact) mass is 203 g/mol. The fourth-order valence-electron chi connectivity index (χ4n) is 1.31. The lowest BCUT2D eigenvalue weighted by molar-refractivity contribution is 0.431. The van der Waals surface area contributed by atoms with Crippen LogP contribution in [0.15, 0.2) is 36.4 Å². The molecule has 0 spiro atoms. The Labute approximate surface area is 93.2 Å². The van der Waals surface area contributed by atoms with Crippen LogP contribution in [0.1, 0.15) is 32.8 Å². The largest absolute Gasteiger partial charge is 0.312 e. The van der Waals surface area contributed by atoms with E-state index in [1.54, 1.807) is 0 Å². The van der Waals surface area contributed by atoms with Crippen LogP contribution in [0.2, 0.25) is 0 Å². The third-order valence-electron chi connectivity index (χ3n) is 2.08. The maximum absolute atomic E-state index is 3.46. The van der Waals surface area contributed by atoms with Crippen LogP contribution in [0, 0.1) is 0 Å². The van der Waals surface area contributed by atoms with Gasteiger partial charge < -0.3 is 5.32 Å². The van der Waals surface area contributed by atoms with Crippen molar-refractivity contribution in [3.8, 4) is 0 Å². The van der Waals surface area contributed by atoms with Crippen molar-refractivity contribution in [2.45, 2.75) is 32.7 Å². The van der Waals surface area contributed by atoms with Crippen molar-refractivity contribution in [1.82, 2.24) is 5.32 Å². The zero-order valence-corrected chi connectivity index (χ0v) is 9.96. The summed E-state index contributed by atoms with van der Waals surface area (Å²) in [5.41, 5.74) is 1.49. The van der Waals surface area contributed by atoms with E-state index in [9.17, 15) is 0 Å². The summed E-state index contributed by atoms with van der Waals surface area (Å²) in [5.74, 6) is 0. The summed E-state index contributed by atoms with van der Waals surface area (Å²) in [4.78, 5) is 0. The van der Waals surface area contributed by atoms with Crippen molar-refractivity contribution in [2.24, 2.45) is 0 Å². The van der Waals surface area contributed by atoms with Gasteiger partial charge in [0, 0.05) is 5.54 Å². The first-order valence-corrected chi connectivity index (χ1v) is 5.54. The van der Waals surface area contributed by atoms with Crippen LogP contribution in [0.25, 0.3) is 6.08 Å². The van der Waals surface area contributed by atoms with E-state index < -0.39 is 0 Å². The quantitative estimate of drug-likeness (QED) is 0.739. The lowest BCUT2D eigenvalue weighted by atomic mass is 10.1. The molecule has 1 N–H and O–H groups in total. The van der Waals surface area contributed by atoms with Crippen molar-refractivity contribution in [3.05, 3.63) is 42.0 Å². The summed E-state index contributed by atoms with van der Waals surface area (Å²) in [7, 11) is 0. The molecule has 0 bridgehead atoms. The molecule has 15 heavy (non-hydrogen) atoms. The smallest absolute Gasteiger partial charge is 0.00966 e. The highest BCUT2D eigenvalue weighted by molar-refractivity contribution is 5.48. The molecule has 0 aliphatic carbocycles. The lowest BCUT2D eigenvalue weighted by Crippen LogP contribution is -2.36. The molecule has 1 nitrogen and oxygen atoms in total. The Morgan fingerprint density at radius 3 is 2.40 bits per heavy atom. The van der Waals surface area contributed by atoms with Crippen LogP contribution >= 0.6 is 0 Å². The second-order valence-electron chi connectivity index (χ2n) is 4.78. The van der Waals surface area contributed by atoms with Gasteiger partial charge in [0.1, 0.15) is 0 Å². The molecule has 1 heteroatoms. The Morgan fingerprint density at radius 2 is 1.80 bits per heavy atom. The van der Waals surface area contributed by atoms with Gasteiger partial charge >= 0.3 is 0 Å². The summed E-state index contributed by atoms with van der Waals surface area (Å²) in [6.45, 7) is 7.60. The summed E-state index contributed by atoms with van der Waals surface area (Å²) >= 11 is 0. The van der Waals surface area contributed by atoms with Crippen LogP contribution in [-0.4, -0.2) is 12.1 Å². The van der Waals surface area contributed by atoms with Gasteiger partial charge in [0.05, 0.1) is 0 Å². The first-order valence-electron chi connectivity index (χ1n) is 5.54. The minimum Gasteiger partial charge on any atom is -0.312 e. The Kier molecular flexibility index (Phi) is 4.57. The SMILES string of the molecule is CC(C)(C)NCCC=Cc1ccccc1. The number of hydrogen-bond acceptors (Lipinski definition) is 1. The van der Waals surface area contributed by atoms with Gasteiger partial charge in [0.2, 0.25) is 0 Å². The van der Waals surface area contributed by atoms with E-state index in [2.05, 4.69) is 62.5 Å². The highest BCUT2D eigenvalue weighted by Crippen LogP contribution is 2.02. The molecule has 0 radical (unpaired) electrons. The maximum atomic E-state index is 3.46. The molecular formula is C14H21N. The minimum atomic E-state index is 0.223. The molecule has 1 rings (SSSR count). The number of nitrogens with one attached hydrogen (secondary N) is 1. The molecule has 0 aliphatic heterocycles. The van der Waals surface area contributed by atoms with Gasteiger partial charge in [-0.25, -0.2) is 0 Å². The van der Waals surface area contributed by atoms with Crippen molar-refractivity contribution in [2.75, 3.05) is 6.54 Å². The van der Waals surface area contributed by atoms with E-state index in [4.69, 9.17) is 0 Å². The molecular weight excluding hydrogens is 182 g/mol. The van der Waals surface area contributed by atoms with Gasteiger partial charge in [0.15, 0.2) is 0 Å². The van der Waals surface area contributed by atoms with Gasteiger partial charge in [-0.15, -0.1) is 0 Å². The van der Waals surface area contributed by atoms with Crippen LogP contribution in [0.3, 0.4) is 0 Å². The third-order valence-corrected chi connectivity index (χ3v) is 2.08. The van der Waals surface area contributed by atoms with Crippen LogP contribution in [-0.2, 0) is 0 Å². The standard InChI is InChI=1S/C14H21N/c1-14(2,3)15-12-8-7-11-13-9-5-4-6-10-13/h4-7,9-11,15H,8,12H2,1-3H3. The molecule has 0 saturated carbocycles. The van der Waals surface area contributed by atoms with E-state index in [0.29, 0.717) is 0 Å². The van der Waals surface area contributed by atoms with Crippen molar-refractivity contribution in [3.63, 3.8) is 0 Å². The van der Waals surface area contributed by atoms with E-state index in [0.717, 1.165) is 13.0 Å². The van der Waals surface area contributed by atoms with Gasteiger partial charge in [-0.2, -0.15) is 0 Å². The van der Waals surface area contributed by atoms with E-state index >= 15 is 0 Å². The lowest BCUT2D eigenvalue weighted by Gasteiger charge is -2.19. The number of hydrogen-bond donors (Lipinski definition) is 1. The van der Waals surface area contributed by atoms with Crippen LogP contribution in [0.5, 0.6) is 0 Å². The number of rotatable bonds is 4. The van der Waals surface area contributed by atoms with Gasteiger partial charge in [-0.05, 0) is 39.3 Å². The second-order valence-corrected chi connectivity index (χ2v) is 4.78. The molecule has 0 heterocycles. The predicted molar refractivity (Wildman–Crippen MR) is 67.8 cm³/mol. The second kappa shape index (κ2) is 5.72. The van der Waals surface area contributed by atoms with Crippen LogP contribution < -0.4 is 5.32 Å². The summed E-state index contributed by atoms with van der Waals surface area (Å²) < 4.78 is 0. The Hall–Kier alpha value is -1.08. The molecule has 1 aromatic rings. The zero-order chi connectivity index (χ0) is 11.1. The van der Waals surface area contributed by atoms with Crippen LogP contribution in [0.4, 0.5) is 0 Å². The topological polar surface area (TPSA) is 12.0 Å². The summed E-state index contributed by atoms with van der Waals surface area (Å²) in [6, 6.07) is 10.4. The highest BCUT2D eigenvalue weighted by atomic mass is 14.9. The van der Waals surface area contributed by atoms with Gasteiger partial charge in [-0.3, -0.25) is 0 Å². The van der Waals surface area contributed by atoms with Crippen molar-refractivity contribution >= 4 is 6.08 Å². The number of benzene rings is 1. The van der Waals surface area contributed by atoms with Crippen molar-refractivity contribution < 1.29 is 0 Å². The molecule has 0 aliphatic rings. The molecule has 0 saturated heterocycles. The molecule has 0 aromatic heterocycles. The summed E-state index contributed by atoms with van der Waals surface area (Å²) in [5, 5.41) is 3.46.